The van der Waals surface area contributed by atoms with E-state index < -0.39 is 5.97 Å². The molecule has 0 aromatic heterocycles. The standard InChI is InChI=1S/C5H5O3/c1-7-4-3-5(6)8-2/h1H2,2H3. The van der Waals surface area contributed by atoms with Crippen molar-refractivity contribution in [3.8, 4) is 12.0 Å². The van der Waals surface area contributed by atoms with Gasteiger partial charge in [-0.25, -0.2) is 4.79 Å². The highest BCUT2D eigenvalue weighted by atomic mass is 16.5. The van der Waals surface area contributed by atoms with Crippen molar-refractivity contribution in [3.63, 3.8) is 0 Å². The minimum atomic E-state index is -0.631. The van der Waals surface area contributed by atoms with Gasteiger partial charge in [-0.1, -0.05) is 0 Å². The number of carbonyl (C=O) groups is 1. The van der Waals surface area contributed by atoms with Crippen LogP contribution in [-0.4, -0.2) is 13.1 Å². The summed E-state index contributed by atoms with van der Waals surface area (Å²) in [4.78, 5) is 10.1. The zero-order valence-corrected chi connectivity index (χ0v) is 4.43. The molecule has 0 spiro atoms. The van der Waals surface area contributed by atoms with E-state index >= 15 is 0 Å². The van der Waals surface area contributed by atoms with Gasteiger partial charge in [0.25, 0.3) is 0 Å². The molecule has 0 aliphatic rings. The molecule has 0 bridgehead atoms. The molecule has 0 atom stereocenters. The molecule has 0 saturated heterocycles. The Hall–Kier alpha value is -1.17. The molecule has 0 saturated carbocycles. The predicted octanol–water partition coefficient (Wildman–Crippen LogP) is -0.0715. The van der Waals surface area contributed by atoms with Gasteiger partial charge in [-0.05, 0) is 0 Å². The molecule has 0 fully saturated rings. The number of hydrogen-bond donors (Lipinski definition) is 0. The highest BCUT2D eigenvalue weighted by Gasteiger charge is 1.86. The molecule has 0 aliphatic heterocycles. The fraction of sp³-hybridized carbons (Fsp3) is 0.200. The van der Waals surface area contributed by atoms with Crippen molar-refractivity contribution in [2.45, 2.75) is 0 Å². The van der Waals surface area contributed by atoms with Gasteiger partial charge < -0.3 is 9.47 Å². The van der Waals surface area contributed by atoms with Crippen LogP contribution in [0, 0.1) is 19.1 Å². The first-order valence-corrected chi connectivity index (χ1v) is 1.81. The third-order valence-electron chi connectivity index (χ3n) is 0.411. The van der Waals surface area contributed by atoms with Crippen LogP contribution in [0.1, 0.15) is 0 Å². The van der Waals surface area contributed by atoms with Crippen LogP contribution in [0.25, 0.3) is 0 Å². The van der Waals surface area contributed by atoms with Crippen LogP contribution in [-0.2, 0) is 14.3 Å². The summed E-state index contributed by atoms with van der Waals surface area (Å²) in [6.07, 6.45) is 1.96. The molecule has 0 aliphatic carbocycles. The van der Waals surface area contributed by atoms with E-state index in [1.807, 2.05) is 12.0 Å². The molecule has 0 aromatic carbocycles. The second-order valence-electron chi connectivity index (χ2n) is 0.863. The predicted molar refractivity (Wildman–Crippen MR) is 26.2 cm³/mol. The Kier molecular flexibility index (Phi) is 3.42. The van der Waals surface area contributed by atoms with Gasteiger partial charge in [0, 0.05) is 0 Å². The summed E-state index contributed by atoms with van der Waals surface area (Å²) in [6, 6.07) is 0. The number of methoxy groups -OCH3 is 1. The third kappa shape index (κ3) is 3.04. The van der Waals surface area contributed by atoms with Gasteiger partial charge in [-0.2, -0.15) is 0 Å². The summed E-state index contributed by atoms with van der Waals surface area (Å²) >= 11 is 0. The van der Waals surface area contributed by atoms with Crippen LogP contribution in [0.4, 0.5) is 0 Å². The number of hydrogen-bond acceptors (Lipinski definition) is 3. The Morgan fingerprint density at radius 1 is 1.75 bits per heavy atom. The minimum Gasteiger partial charge on any atom is -0.459 e. The first-order valence-electron chi connectivity index (χ1n) is 1.81. The molecular formula is C5H5O3. The van der Waals surface area contributed by atoms with Gasteiger partial charge in [-0.3, -0.25) is 0 Å². The maximum Gasteiger partial charge on any atom is 0.387 e. The summed E-state index contributed by atoms with van der Waals surface area (Å²) in [6.45, 7) is 0. The molecule has 0 amide bonds. The van der Waals surface area contributed by atoms with Crippen molar-refractivity contribution in [2.75, 3.05) is 7.11 Å². The van der Waals surface area contributed by atoms with Gasteiger partial charge in [0.1, 0.15) is 13.2 Å². The summed E-state index contributed by atoms with van der Waals surface area (Å²) in [5.74, 6) is 1.36. The maximum atomic E-state index is 10.1. The monoisotopic (exact) mass is 113 g/mol. The largest absolute Gasteiger partial charge is 0.459 e. The van der Waals surface area contributed by atoms with Crippen LogP contribution < -0.4 is 0 Å². The first kappa shape index (κ1) is 6.83. The second kappa shape index (κ2) is 4.00. The minimum absolute atomic E-state index is 0.631. The van der Waals surface area contributed by atoms with Gasteiger partial charge in [-0.15, -0.1) is 0 Å². The van der Waals surface area contributed by atoms with Crippen LogP contribution in [0.5, 0.6) is 0 Å². The maximum absolute atomic E-state index is 10.1. The van der Waals surface area contributed by atoms with Crippen LogP contribution in [0.15, 0.2) is 0 Å². The Morgan fingerprint density at radius 2 is 2.38 bits per heavy atom. The fourth-order valence-corrected chi connectivity index (χ4v) is 0.129. The normalized spacial score (nSPS) is 6.25. The summed E-state index contributed by atoms with van der Waals surface area (Å²) in [5, 5.41) is 0. The third-order valence-corrected chi connectivity index (χ3v) is 0.411. The number of ether oxygens (including phenoxy) is 2. The molecule has 0 aromatic rings. The Balaban J connectivity index is 3.52. The lowest BCUT2D eigenvalue weighted by Crippen LogP contribution is -1.93. The number of esters is 1. The van der Waals surface area contributed by atoms with E-state index in [0.29, 0.717) is 0 Å². The molecule has 0 rings (SSSR count). The van der Waals surface area contributed by atoms with Gasteiger partial charge in [0.05, 0.1) is 13.0 Å². The van der Waals surface area contributed by atoms with E-state index in [4.69, 9.17) is 0 Å². The van der Waals surface area contributed by atoms with Crippen molar-refractivity contribution >= 4 is 5.97 Å². The summed E-state index contributed by atoms with van der Waals surface area (Å²) in [5.41, 5.74) is 0. The van der Waals surface area contributed by atoms with Crippen molar-refractivity contribution in [1.82, 2.24) is 0 Å². The average Bonchev–Trinajstić information content (AvgIpc) is 1.83. The van der Waals surface area contributed by atoms with Crippen molar-refractivity contribution < 1.29 is 14.3 Å². The van der Waals surface area contributed by atoms with Gasteiger partial charge in [0.2, 0.25) is 0 Å². The molecule has 43 valence electrons. The lowest BCUT2D eigenvalue weighted by atomic mass is 10.7. The molecule has 3 nitrogen and oxygen atoms in total. The molecule has 0 heterocycles. The second-order valence-corrected chi connectivity index (χ2v) is 0.863. The molecule has 0 N–H and O–H groups in total. The lowest BCUT2D eigenvalue weighted by Gasteiger charge is -1.82. The van der Waals surface area contributed by atoms with E-state index in [1.54, 1.807) is 0 Å². The molecule has 1 radical (unpaired) electrons. The highest BCUT2D eigenvalue weighted by Crippen LogP contribution is 1.66. The number of carbonyl (C=O) groups excluding carboxylic acids is 1. The topological polar surface area (TPSA) is 35.5 Å². The molecule has 0 unspecified atom stereocenters. The fourth-order valence-electron chi connectivity index (χ4n) is 0.129. The zero-order valence-electron chi connectivity index (χ0n) is 4.43. The van der Waals surface area contributed by atoms with Crippen LogP contribution in [0.2, 0.25) is 0 Å². The van der Waals surface area contributed by atoms with Crippen LogP contribution >= 0.6 is 0 Å². The van der Waals surface area contributed by atoms with E-state index in [1.165, 1.54) is 7.11 Å². The van der Waals surface area contributed by atoms with Crippen LogP contribution in [0.3, 0.4) is 0 Å². The first-order chi connectivity index (χ1) is 3.81. The van der Waals surface area contributed by atoms with Crippen molar-refractivity contribution in [1.29, 1.82) is 0 Å². The highest BCUT2D eigenvalue weighted by molar-refractivity contribution is 5.87. The summed E-state index contributed by atoms with van der Waals surface area (Å²) in [7, 11) is 4.15. The van der Waals surface area contributed by atoms with Crippen molar-refractivity contribution in [2.24, 2.45) is 0 Å². The lowest BCUT2D eigenvalue weighted by molar-refractivity contribution is -0.133. The Morgan fingerprint density at radius 3 is 2.75 bits per heavy atom. The number of rotatable bonds is 0. The SMILES string of the molecule is [CH2]OC#CC(=O)OC. The van der Waals surface area contributed by atoms with Gasteiger partial charge in [0.15, 0.2) is 0 Å². The average molecular weight is 113 g/mol. The Labute approximate surface area is 47.6 Å². The van der Waals surface area contributed by atoms with E-state index in [9.17, 15) is 4.79 Å². The molecular weight excluding hydrogens is 108 g/mol. The summed E-state index contributed by atoms with van der Waals surface area (Å²) < 4.78 is 8.13. The van der Waals surface area contributed by atoms with E-state index in [0.717, 1.165) is 0 Å². The molecule has 8 heavy (non-hydrogen) atoms. The smallest absolute Gasteiger partial charge is 0.387 e. The van der Waals surface area contributed by atoms with Gasteiger partial charge >= 0.3 is 5.97 Å². The zero-order chi connectivity index (χ0) is 6.41. The van der Waals surface area contributed by atoms with E-state index in [-0.39, 0.29) is 0 Å². The van der Waals surface area contributed by atoms with Crippen molar-refractivity contribution in [3.05, 3.63) is 7.11 Å². The molecule has 3 heteroatoms. The van der Waals surface area contributed by atoms with E-state index in [2.05, 4.69) is 16.6 Å². The Bertz CT molecular complexity index is 128. The quantitative estimate of drug-likeness (QED) is 0.326.